The topological polar surface area (TPSA) is 26.0 Å². The lowest BCUT2D eigenvalue weighted by Crippen LogP contribution is -2.21. The van der Waals surface area contributed by atoms with E-state index in [4.69, 9.17) is 5.73 Å². The highest BCUT2D eigenvalue weighted by Crippen LogP contribution is 2.27. The summed E-state index contributed by atoms with van der Waals surface area (Å²) < 4.78 is 13.8. The van der Waals surface area contributed by atoms with E-state index >= 15 is 0 Å². The number of hydrogen-bond acceptors (Lipinski definition) is 1. The van der Waals surface area contributed by atoms with Crippen LogP contribution in [-0.2, 0) is 0 Å². The predicted molar refractivity (Wildman–Crippen MR) is 62.3 cm³/mol. The van der Waals surface area contributed by atoms with Crippen LogP contribution in [0.1, 0.15) is 43.0 Å². The zero-order chi connectivity index (χ0) is 11.6. The van der Waals surface area contributed by atoms with Gasteiger partial charge in [-0.15, -0.1) is 0 Å². The van der Waals surface area contributed by atoms with E-state index in [1.807, 2.05) is 19.9 Å². The quantitative estimate of drug-likeness (QED) is 0.810. The summed E-state index contributed by atoms with van der Waals surface area (Å²) in [6.45, 7) is 7.96. The molecule has 2 heteroatoms. The van der Waals surface area contributed by atoms with Crippen molar-refractivity contribution in [2.75, 3.05) is 0 Å². The van der Waals surface area contributed by atoms with Gasteiger partial charge in [-0.05, 0) is 37.0 Å². The fourth-order valence-electron chi connectivity index (χ4n) is 1.89. The van der Waals surface area contributed by atoms with Gasteiger partial charge in [0.05, 0.1) is 0 Å². The first-order chi connectivity index (χ1) is 6.97. The first kappa shape index (κ1) is 12.2. The molecular formula is C13H20FN. The van der Waals surface area contributed by atoms with Crippen LogP contribution >= 0.6 is 0 Å². The molecule has 0 spiro atoms. The Morgan fingerprint density at radius 3 is 2.40 bits per heavy atom. The first-order valence-electron chi connectivity index (χ1n) is 5.49. The highest BCUT2D eigenvalue weighted by molar-refractivity contribution is 5.34. The molecule has 2 unspecified atom stereocenters. The molecule has 0 aliphatic rings. The lowest BCUT2D eigenvalue weighted by atomic mass is 9.89. The Labute approximate surface area is 91.5 Å². The van der Waals surface area contributed by atoms with Gasteiger partial charge in [0.1, 0.15) is 5.82 Å². The molecule has 0 saturated carbocycles. The molecule has 1 aromatic rings. The second-order valence-corrected chi connectivity index (χ2v) is 4.39. The lowest BCUT2D eigenvalue weighted by molar-refractivity contribution is 0.437. The van der Waals surface area contributed by atoms with Gasteiger partial charge in [-0.2, -0.15) is 0 Å². The maximum Gasteiger partial charge on any atom is 0.128 e. The number of halogens is 1. The molecule has 0 bridgehead atoms. The van der Waals surface area contributed by atoms with Crippen molar-refractivity contribution in [3.8, 4) is 0 Å². The molecule has 0 aliphatic heterocycles. The largest absolute Gasteiger partial charge is 0.324 e. The highest BCUT2D eigenvalue weighted by Gasteiger charge is 2.19. The van der Waals surface area contributed by atoms with Crippen LogP contribution in [0.4, 0.5) is 4.39 Å². The lowest BCUT2D eigenvalue weighted by Gasteiger charge is -2.21. The van der Waals surface area contributed by atoms with Crippen LogP contribution in [0.15, 0.2) is 12.1 Å². The third-order valence-electron chi connectivity index (χ3n) is 3.07. The van der Waals surface area contributed by atoms with E-state index in [1.54, 1.807) is 6.07 Å². The standard InChI is InChI=1S/C13H20FN/c1-5-9(3)13(15)12-10(4)6-8(2)7-11(12)14/h6-7,9,13H,5,15H2,1-4H3. The van der Waals surface area contributed by atoms with Crippen molar-refractivity contribution in [3.63, 3.8) is 0 Å². The Balaban J connectivity index is 3.13. The Bertz CT molecular complexity index is 323. The molecule has 1 rings (SSSR count). The van der Waals surface area contributed by atoms with E-state index in [9.17, 15) is 4.39 Å². The fourth-order valence-corrected chi connectivity index (χ4v) is 1.89. The van der Waals surface area contributed by atoms with Gasteiger partial charge in [0.15, 0.2) is 0 Å². The number of nitrogens with two attached hydrogens (primary N) is 1. The van der Waals surface area contributed by atoms with Crippen LogP contribution < -0.4 is 5.73 Å². The molecule has 0 fully saturated rings. The molecule has 0 radical (unpaired) electrons. The molecule has 1 aromatic carbocycles. The summed E-state index contributed by atoms with van der Waals surface area (Å²) in [4.78, 5) is 0. The third-order valence-corrected chi connectivity index (χ3v) is 3.07. The molecular weight excluding hydrogens is 189 g/mol. The smallest absolute Gasteiger partial charge is 0.128 e. The zero-order valence-corrected chi connectivity index (χ0v) is 9.97. The summed E-state index contributed by atoms with van der Waals surface area (Å²) in [6, 6.07) is 3.35. The van der Waals surface area contributed by atoms with Crippen LogP contribution in [0.5, 0.6) is 0 Å². The second kappa shape index (κ2) is 4.75. The molecule has 15 heavy (non-hydrogen) atoms. The van der Waals surface area contributed by atoms with Gasteiger partial charge in [-0.3, -0.25) is 0 Å². The first-order valence-corrected chi connectivity index (χ1v) is 5.49. The molecule has 0 amide bonds. The van der Waals surface area contributed by atoms with Crippen molar-refractivity contribution in [1.82, 2.24) is 0 Å². The van der Waals surface area contributed by atoms with Crippen molar-refractivity contribution >= 4 is 0 Å². The van der Waals surface area contributed by atoms with Gasteiger partial charge in [-0.25, -0.2) is 4.39 Å². The van der Waals surface area contributed by atoms with Crippen LogP contribution in [-0.4, -0.2) is 0 Å². The van der Waals surface area contributed by atoms with Crippen LogP contribution in [0.2, 0.25) is 0 Å². The van der Waals surface area contributed by atoms with Gasteiger partial charge in [0, 0.05) is 11.6 Å². The van der Waals surface area contributed by atoms with Gasteiger partial charge >= 0.3 is 0 Å². The van der Waals surface area contributed by atoms with Gasteiger partial charge < -0.3 is 5.73 Å². The van der Waals surface area contributed by atoms with Crippen LogP contribution in [0, 0.1) is 25.6 Å². The number of hydrogen-bond donors (Lipinski definition) is 1. The van der Waals surface area contributed by atoms with Crippen LogP contribution in [0.25, 0.3) is 0 Å². The summed E-state index contributed by atoms with van der Waals surface area (Å²) in [5.74, 6) is 0.140. The molecule has 2 N–H and O–H groups in total. The maximum atomic E-state index is 13.8. The summed E-state index contributed by atoms with van der Waals surface area (Å²) in [5, 5.41) is 0. The Hall–Kier alpha value is -0.890. The summed E-state index contributed by atoms with van der Waals surface area (Å²) >= 11 is 0. The average Bonchev–Trinajstić information content (AvgIpc) is 2.14. The number of rotatable bonds is 3. The SMILES string of the molecule is CCC(C)C(N)c1c(C)cc(C)cc1F. The highest BCUT2D eigenvalue weighted by atomic mass is 19.1. The molecule has 2 atom stereocenters. The second-order valence-electron chi connectivity index (χ2n) is 4.39. The van der Waals surface area contributed by atoms with E-state index < -0.39 is 0 Å². The molecule has 1 nitrogen and oxygen atoms in total. The Morgan fingerprint density at radius 2 is 1.93 bits per heavy atom. The van der Waals surface area contributed by atoms with Gasteiger partial charge in [0.25, 0.3) is 0 Å². The van der Waals surface area contributed by atoms with Crippen molar-refractivity contribution in [2.24, 2.45) is 11.7 Å². The Morgan fingerprint density at radius 1 is 1.33 bits per heavy atom. The van der Waals surface area contributed by atoms with Crippen molar-refractivity contribution in [2.45, 2.75) is 40.2 Å². The third kappa shape index (κ3) is 2.57. The minimum atomic E-state index is -0.199. The minimum Gasteiger partial charge on any atom is -0.324 e. The molecule has 0 aliphatic carbocycles. The van der Waals surface area contributed by atoms with Gasteiger partial charge in [-0.1, -0.05) is 26.3 Å². The van der Waals surface area contributed by atoms with Crippen molar-refractivity contribution in [1.29, 1.82) is 0 Å². The average molecular weight is 209 g/mol. The molecule has 0 saturated heterocycles. The van der Waals surface area contributed by atoms with E-state index in [0.29, 0.717) is 11.5 Å². The monoisotopic (exact) mass is 209 g/mol. The van der Waals surface area contributed by atoms with E-state index in [1.165, 1.54) is 0 Å². The summed E-state index contributed by atoms with van der Waals surface area (Å²) in [6.07, 6.45) is 0.966. The van der Waals surface area contributed by atoms with Gasteiger partial charge in [0.2, 0.25) is 0 Å². The normalized spacial score (nSPS) is 15.1. The van der Waals surface area contributed by atoms with E-state index in [0.717, 1.165) is 17.5 Å². The van der Waals surface area contributed by atoms with E-state index in [-0.39, 0.29) is 11.9 Å². The number of aryl methyl sites for hydroxylation is 2. The number of benzene rings is 1. The minimum absolute atomic E-state index is 0.166. The summed E-state index contributed by atoms with van der Waals surface area (Å²) in [7, 11) is 0. The molecule has 0 aromatic heterocycles. The van der Waals surface area contributed by atoms with Crippen LogP contribution in [0.3, 0.4) is 0 Å². The zero-order valence-electron chi connectivity index (χ0n) is 9.97. The predicted octanol–water partition coefficient (Wildman–Crippen LogP) is 3.49. The molecule has 84 valence electrons. The van der Waals surface area contributed by atoms with E-state index in [2.05, 4.69) is 13.8 Å². The van der Waals surface area contributed by atoms with Crippen molar-refractivity contribution in [3.05, 3.63) is 34.6 Å². The Kier molecular flexibility index (Phi) is 3.86. The fraction of sp³-hybridized carbons (Fsp3) is 0.538. The molecule has 0 heterocycles. The maximum absolute atomic E-state index is 13.8. The summed E-state index contributed by atoms with van der Waals surface area (Å²) in [5.41, 5.74) is 8.64. The van der Waals surface area contributed by atoms with Crippen molar-refractivity contribution < 1.29 is 4.39 Å².